The summed E-state index contributed by atoms with van der Waals surface area (Å²) in [7, 11) is -0.882. The lowest BCUT2D eigenvalue weighted by Crippen LogP contribution is -2.28. The van der Waals surface area contributed by atoms with Gasteiger partial charge in [-0.2, -0.15) is 0 Å². The first-order chi connectivity index (χ1) is 9.63. The van der Waals surface area contributed by atoms with Gasteiger partial charge >= 0.3 is 0 Å². The van der Waals surface area contributed by atoms with Gasteiger partial charge in [0.2, 0.25) is 0 Å². The van der Waals surface area contributed by atoms with Gasteiger partial charge in [-0.05, 0) is 5.39 Å². The Balaban J connectivity index is 2.18. The van der Waals surface area contributed by atoms with Crippen molar-refractivity contribution in [1.29, 1.82) is 0 Å². The second-order valence-corrected chi connectivity index (χ2v) is 6.42. The lowest BCUT2D eigenvalue weighted by atomic mass is 10.1. The van der Waals surface area contributed by atoms with Gasteiger partial charge in [-0.15, -0.1) is 0 Å². The number of amides is 1. The Bertz CT molecular complexity index is 661. The summed E-state index contributed by atoms with van der Waals surface area (Å²) >= 11 is 6.02. The third kappa shape index (κ3) is 3.35. The average molecular weight is 311 g/mol. The van der Waals surface area contributed by atoms with Crippen molar-refractivity contribution in [3.8, 4) is 0 Å². The fourth-order valence-corrected chi connectivity index (χ4v) is 2.69. The van der Waals surface area contributed by atoms with Crippen molar-refractivity contribution in [3.63, 3.8) is 0 Å². The van der Waals surface area contributed by atoms with Crippen LogP contribution in [0, 0.1) is 0 Å². The molecule has 6 heteroatoms. The van der Waals surface area contributed by atoms with E-state index in [1.54, 1.807) is 0 Å². The summed E-state index contributed by atoms with van der Waals surface area (Å²) < 4.78 is 11.3. The van der Waals surface area contributed by atoms with Gasteiger partial charge in [0.1, 0.15) is 5.15 Å². The van der Waals surface area contributed by atoms with E-state index in [2.05, 4.69) is 10.3 Å². The first-order valence-electron chi connectivity index (χ1n) is 6.30. The second-order valence-electron chi connectivity index (χ2n) is 4.20. The molecular weight excluding hydrogens is 296 g/mol. The lowest BCUT2D eigenvalue weighted by Gasteiger charge is -2.08. The molecule has 2 rings (SSSR count). The van der Waals surface area contributed by atoms with Gasteiger partial charge in [-0.25, -0.2) is 4.98 Å². The van der Waals surface area contributed by atoms with Crippen LogP contribution in [0.3, 0.4) is 0 Å². The number of rotatable bonds is 5. The topological polar surface area (TPSA) is 59.1 Å². The predicted molar refractivity (Wildman–Crippen MR) is 82.6 cm³/mol. The monoisotopic (exact) mass is 310 g/mol. The van der Waals surface area contributed by atoms with Gasteiger partial charge in [0.05, 0.1) is 5.56 Å². The molecule has 1 atom stereocenters. The number of benzene rings is 1. The molecule has 0 fully saturated rings. The van der Waals surface area contributed by atoms with Crippen LogP contribution in [-0.4, -0.2) is 33.2 Å². The van der Waals surface area contributed by atoms with E-state index in [0.717, 1.165) is 10.8 Å². The van der Waals surface area contributed by atoms with Crippen LogP contribution in [-0.2, 0) is 10.8 Å². The third-order valence-electron chi connectivity index (χ3n) is 2.93. The normalized spacial score (nSPS) is 12.3. The molecule has 1 N–H and O–H groups in total. The molecule has 20 heavy (non-hydrogen) atoms. The van der Waals surface area contributed by atoms with E-state index in [-0.39, 0.29) is 5.91 Å². The summed E-state index contributed by atoms with van der Waals surface area (Å²) in [6.07, 6.45) is 1.47. The summed E-state index contributed by atoms with van der Waals surface area (Å²) in [5.74, 6) is 0.834. The molecule has 1 heterocycles. The molecule has 1 amide bonds. The Morgan fingerprint density at radius 3 is 2.75 bits per heavy atom. The lowest BCUT2D eigenvalue weighted by molar-refractivity contribution is 0.0957. The minimum atomic E-state index is -0.882. The zero-order chi connectivity index (χ0) is 14.5. The first kappa shape index (κ1) is 14.9. The molecule has 1 aromatic heterocycles. The van der Waals surface area contributed by atoms with Crippen molar-refractivity contribution in [2.75, 3.05) is 18.1 Å². The molecule has 0 bridgehead atoms. The molecule has 1 unspecified atom stereocenters. The molecule has 0 aliphatic heterocycles. The largest absolute Gasteiger partial charge is 0.351 e. The number of nitrogens with zero attached hydrogens (tertiary/aromatic N) is 1. The Hall–Kier alpha value is -1.46. The molecule has 4 nitrogen and oxygen atoms in total. The molecule has 2 aromatic rings. The Morgan fingerprint density at radius 1 is 1.35 bits per heavy atom. The van der Waals surface area contributed by atoms with Crippen LogP contribution < -0.4 is 5.32 Å². The molecule has 0 spiro atoms. The predicted octanol–water partition coefficient (Wildman–Crippen LogP) is 2.39. The molecule has 0 radical (unpaired) electrons. The number of halogens is 1. The van der Waals surface area contributed by atoms with Crippen LogP contribution in [0.25, 0.3) is 10.8 Å². The van der Waals surface area contributed by atoms with Gasteiger partial charge < -0.3 is 5.32 Å². The molecule has 0 saturated heterocycles. The number of hydrogen-bond donors (Lipinski definition) is 1. The minimum Gasteiger partial charge on any atom is -0.351 e. The molecular formula is C14H15ClN2O2S. The SMILES string of the molecule is CCS(=O)CCNC(=O)c1cnc(Cl)c2ccccc12. The van der Waals surface area contributed by atoms with E-state index in [4.69, 9.17) is 11.6 Å². The van der Waals surface area contributed by atoms with Crippen molar-refractivity contribution in [2.24, 2.45) is 0 Å². The summed E-state index contributed by atoms with van der Waals surface area (Å²) in [6.45, 7) is 2.24. The van der Waals surface area contributed by atoms with E-state index in [0.29, 0.717) is 28.8 Å². The van der Waals surface area contributed by atoms with Gasteiger partial charge in [0.15, 0.2) is 0 Å². The van der Waals surface area contributed by atoms with Gasteiger partial charge in [0.25, 0.3) is 5.91 Å². The fraction of sp³-hybridized carbons (Fsp3) is 0.286. The molecule has 1 aromatic carbocycles. The molecule has 106 valence electrons. The second kappa shape index (κ2) is 6.81. The maximum Gasteiger partial charge on any atom is 0.253 e. The van der Waals surface area contributed by atoms with E-state index in [9.17, 15) is 9.00 Å². The molecule has 0 saturated carbocycles. The van der Waals surface area contributed by atoms with E-state index in [1.807, 2.05) is 31.2 Å². The van der Waals surface area contributed by atoms with Crippen LogP contribution in [0.5, 0.6) is 0 Å². The van der Waals surface area contributed by atoms with E-state index in [1.165, 1.54) is 6.20 Å². The Labute approximate surface area is 125 Å². The highest BCUT2D eigenvalue weighted by Gasteiger charge is 2.12. The van der Waals surface area contributed by atoms with Crippen LogP contribution in [0.1, 0.15) is 17.3 Å². The fourth-order valence-electron chi connectivity index (χ4n) is 1.86. The number of pyridine rings is 1. The first-order valence-corrected chi connectivity index (χ1v) is 8.16. The highest BCUT2D eigenvalue weighted by molar-refractivity contribution is 7.84. The quantitative estimate of drug-likeness (QED) is 0.863. The van der Waals surface area contributed by atoms with Crippen molar-refractivity contribution in [2.45, 2.75) is 6.92 Å². The number of nitrogens with one attached hydrogen (secondary N) is 1. The summed E-state index contributed by atoms with van der Waals surface area (Å²) in [5, 5.41) is 4.65. The van der Waals surface area contributed by atoms with Crippen LogP contribution in [0.2, 0.25) is 5.15 Å². The third-order valence-corrected chi connectivity index (χ3v) is 4.53. The summed E-state index contributed by atoms with van der Waals surface area (Å²) in [5.41, 5.74) is 0.479. The number of fused-ring (bicyclic) bond motifs is 1. The highest BCUT2D eigenvalue weighted by atomic mass is 35.5. The number of aromatic nitrogens is 1. The van der Waals surface area contributed by atoms with Crippen molar-refractivity contribution in [1.82, 2.24) is 10.3 Å². The summed E-state index contributed by atoms with van der Waals surface area (Å²) in [6, 6.07) is 7.36. The smallest absolute Gasteiger partial charge is 0.253 e. The standard InChI is InChI=1S/C14H15ClN2O2S/c1-2-20(19)8-7-16-14(18)12-9-17-13(15)11-6-4-3-5-10(11)12/h3-6,9H,2,7-8H2,1H3,(H,16,18). The number of hydrogen-bond acceptors (Lipinski definition) is 3. The maximum absolute atomic E-state index is 12.1. The van der Waals surface area contributed by atoms with Gasteiger partial charge in [-0.3, -0.25) is 9.00 Å². The summed E-state index contributed by atoms with van der Waals surface area (Å²) in [4.78, 5) is 16.2. The van der Waals surface area contributed by atoms with E-state index >= 15 is 0 Å². The molecule has 0 aliphatic carbocycles. The number of carbonyl (C=O) groups excluding carboxylic acids is 1. The zero-order valence-electron chi connectivity index (χ0n) is 11.1. The van der Waals surface area contributed by atoms with Crippen LogP contribution >= 0.6 is 11.6 Å². The van der Waals surface area contributed by atoms with Gasteiger partial charge in [-0.1, -0.05) is 42.8 Å². The van der Waals surface area contributed by atoms with Crippen LogP contribution in [0.15, 0.2) is 30.5 Å². The highest BCUT2D eigenvalue weighted by Crippen LogP contribution is 2.23. The molecule has 0 aliphatic rings. The van der Waals surface area contributed by atoms with Crippen LogP contribution in [0.4, 0.5) is 0 Å². The van der Waals surface area contributed by atoms with Crippen molar-refractivity contribution >= 4 is 39.1 Å². The number of carbonyl (C=O) groups is 1. The Morgan fingerprint density at radius 2 is 2.05 bits per heavy atom. The average Bonchev–Trinajstić information content (AvgIpc) is 2.47. The minimum absolute atomic E-state index is 0.224. The van der Waals surface area contributed by atoms with Crippen molar-refractivity contribution in [3.05, 3.63) is 41.2 Å². The van der Waals surface area contributed by atoms with E-state index < -0.39 is 10.8 Å². The zero-order valence-corrected chi connectivity index (χ0v) is 12.6. The van der Waals surface area contributed by atoms with Gasteiger partial charge in [0, 0.05) is 40.4 Å². The van der Waals surface area contributed by atoms with Crippen molar-refractivity contribution < 1.29 is 9.00 Å². The Kier molecular flexibility index (Phi) is 5.09. The maximum atomic E-state index is 12.1.